The molecule has 0 aliphatic carbocycles. The van der Waals surface area contributed by atoms with Crippen LogP contribution in [0.15, 0.2) is 49.3 Å². The molecule has 1 aromatic carbocycles. The van der Waals surface area contributed by atoms with E-state index >= 15 is 0 Å². The second-order valence-electron chi connectivity index (χ2n) is 7.51. The van der Waals surface area contributed by atoms with E-state index in [4.69, 9.17) is 0 Å². The van der Waals surface area contributed by atoms with Gasteiger partial charge in [-0.15, -0.1) is 0 Å². The van der Waals surface area contributed by atoms with Crippen LogP contribution in [-0.2, 0) is 4.79 Å². The summed E-state index contributed by atoms with van der Waals surface area (Å²) in [5.41, 5.74) is 0.849. The van der Waals surface area contributed by atoms with Gasteiger partial charge in [-0.1, -0.05) is 12.6 Å². The maximum Gasteiger partial charge on any atom is 0.246 e. The number of nitrogens with one attached hydrogen (secondary N) is 1. The Kier molecular flexibility index (Phi) is 4.12. The molecule has 2 aliphatic heterocycles. The van der Waals surface area contributed by atoms with E-state index in [1.807, 2.05) is 17.0 Å². The van der Waals surface area contributed by atoms with E-state index in [2.05, 4.69) is 31.7 Å². The van der Waals surface area contributed by atoms with E-state index < -0.39 is 11.6 Å². The van der Waals surface area contributed by atoms with Crippen LogP contribution < -0.4 is 10.2 Å². The maximum absolute atomic E-state index is 14.1. The maximum atomic E-state index is 14.1. The minimum absolute atomic E-state index is 0.0295. The van der Waals surface area contributed by atoms with Crippen molar-refractivity contribution in [3.8, 4) is 0 Å². The first-order chi connectivity index (χ1) is 14.5. The lowest BCUT2D eigenvalue weighted by atomic mass is 9.77. The van der Waals surface area contributed by atoms with Crippen LogP contribution in [0, 0.1) is 11.6 Å². The Morgan fingerprint density at radius 2 is 2.03 bits per heavy atom. The van der Waals surface area contributed by atoms with Gasteiger partial charge in [-0.05, 0) is 36.8 Å². The fourth-order valence-electron chi connectivity index (χ4n) is 4.07. The molecule has 5 rings (SSSR count). The first-order valence-electron chi connectivity index (χ1n) is 9.52. The highest BCUT2D eigenvalue weighted by molar-refractivity contribution is 5.90. The molecule has 0 atom stereocenters. The van der Waals surface area contributed by atoms with Gasteiger partial charge in [0.2, 0.25) is 5.91 Å². The number of benzene rings is 1. The van der Waals surface area contributed by atoms with Crippen molar-refractivity contribution in [1.29, 1.82) is 0 Å². The number of carbonyl (C=O) groups is 1. The summed E-state index contributed by atoms with van der Waals surface area (Å²) >= 11 is 0. The third kappa shape index (κ3) is 2.77. The van der Waals surface area contributed by atoms with Crippen LogP contribution in [0.4, 0.5) is 26.1 Å². The largest absolute Gasteiger partial charge is 0.352 e. The zero-order valence-corrected chi connectivity index (χ0v) is 16.0. The summed E-state index contributed by atoms with van der Waals surface area (Å²) in [6.07, 6.45) is 3.64. The van der Waals surface area contributed by atoms with Gasteiger partial charge in [0.15, 0.2) is 17.5 Å². The molecule has 0 bridgehead atoms. The van der Waals surface area contributed by atoms with Crippen LogP contribution in [0.25, 0.3) is 11.0 Å². The Balaban J connectivity index is 1.42. The highest BCUT2D eigenvalue weighted by atomic mass is 19.2. The SMILES string of the molecule is C=CC(=O)N1CCC12CN(c1ccc3ncnc(Nc4cccc(F)c4F)c3n1)C2. The Hall–Kier alpha value is -3.62. The van der Waals surface area contributed by atoms with E-state index in [1.165, 1.54) is 24.5 Å². The molecule has 0 radical (unpaired) electrons. The zero-order valence-electron chi connectivity index (χ0n) is 16.0. The smallest absolute Gasteiger partial charge is 0.246 e. The molecule has 2 fully saturated rings. The summed E-state index contributed by atoms with van der Waals surface area (Å²) in [6, 6.07) is 7.56. The summed E-state index contributed by atoms with van der Waals surface area (Å²) in [5, 5.41) is 2.82. The van der Waals surface area contributed by atoms with Gasteiger partial charge >= 0.3 is 0 Å². The van der Waals surface area contributed by atoms with Gasteiger partial charge in [-0.3, -0.25) is 4.79 Å². The highest BCUT2D eigenvalue weighted by Gasteiger charge is 2.55. The number of halogens is 2. The number of aromatic nitrogens is 3. The van der Waals surface area contributed by atoms with E-state index in [0.717, 1.165) is 19.0 Å². The molecule has 2 aliphatic rings. The van der Waals surface area contributed by atoms with Crippen molar-refractivity contribution in [1.82, 2.24) is 19.9 Å². The van der Waals surface area contributed by atoms with Crippen LogP contribution in [-0.4, -0.2) is 50.9 Å². The lowest BCUT2D eigenvalue weighted by Crippen LogP contribution is -2.78. The molecule has 7 nitrogen and oxygen atoms in total. The van der Waals surface area contributed by atoms with Crippen molar-refractivity contribution >= 4 is 34.3 Å². The van der Waals surface area contributed by atoms with Crippen molar-refractivity contribution < 1.29 is 13.6 Å². The van der Waals surface area contributed by atoms with Crippen molar-refractivity contribution in [2.24, 2.45) is 0 Å². The first kappa shape index (κ1) is 18.4. The van der Waals surface area contributed by atoms with Crippen LogP contribution in [0.2, 0.25) is 0 Å². The molecule has 9 heteroatoms. The number of pyridine rings is 1. The summed E-state index contributed by atoms with van der Waals surface area (Å²) in [7, 11) is 0. The lowest BCUT2D eigenvalue weighted by Gasteiger charge is -2.62. The number of hydrogen-bond donors (Lipinski definition) is 1. The van der Waals surface area contributed by atoms with Crippen LogP contribution in [0.5, 0.6) is 0 Å². The molecule has 1 spiro atoms. The molecule has 1 N–H and O–H groups in total. The van der Waals surface area contributed by atoms with Crippen molar-refractivity contribution in [2.75, 3.05) is 29.9 Å². The molecule has 4 heterocycles. The summed E-state index contributed by atoms with van der Waals surface area (Å²) in [4.78, 5) is 28.9. The fourth-order valence-corrected chi connectivity index (χ4v) is 4.07. The molecule has 2 saturated heterocycles. The second-order valence-corrected chi connectivity index (χ2v) is 7.51. The van der Waals surface area contributed by atoms with Crippen LogP contribution >= 0.6 is 0 Å². The van der Waals surface area contributed by atoms with E-state index in [9.17, 15) is 13.6 Å². The standard InChI is InChI=1S/C21H18F2N6O/c1-2-17(30)29-9-8-21(29)10-28(11-21)16-7-6-15-19(27-16)20(25-12-24-15)26-14-5-3-4-13(22)18(14)23/h2-7,12H,1,8-11H2,(H,24,25,26). The molecule has 152 valence electrons. The van der Waals surface area contributed by atoms with Crippen molar-refractivity contribution in [2.45, 2.75) is 12.0 Å². The molecule has 3 aromatic rings. The van der Waals surface area contributed by atoms with Gasteiger partial charge in [-0.2, -0.15) is 0 Å². The minimum atomic E-state index is -0.984. The molecule has 30 heavy (non-hydrogen) atoms. The number of rotatable bonds is 4. The number of likely N-dealkylation sites (tertiary alicyclic amines) is 1. The molecule has 0 unspecified atom stereocenters. The number of hydrogen-bond acceptors (Lipinski definition) is 6. The summed E-state index contributed by atoms with van der Waals surface area (Å²) < 4.78 is 27.6. The van der Waals surface area contributed by atoms with Gasteiger partial charge in [0.25, 0.3) is 0 Å². The normalized spacial score (nSPS) is 16.9. The number of nitrogens with zero attached hydrogens (tertiary/aromatic N) is 5. The molecule has 1 amide bonds. The number of carbonyl (C=O) groups excluding carboxylic acids is 1. The van der Waals surface area contributed by atoms with Crippen molar-refractivity contribution in [3.63, 3.8) is 0 Å². The summed E-state index contributed by atoms with van der Waals surface area (Å²) in [6.45, 7) is 5.67. The molecular formula is C21H18F2N6O. The van der Waals surface area contributed by atoms with Gasteiger partial charge < -0.3 is 15.1 Å². The average Bonchev–Trinajstić information content (AvgIpc) is 2.70. The molecule has 2 aromatic heterocycles. The van der Waals surface area contributed by atoms with Crippen LogP contribution in [0.3, 0.4) is 0 Å². The van der Waals surface area contributed by atoms with Gasteiger partial charge in [-0.25, -0.2) is 23.7 Å². The quantitative estimate of drug-likeness (QED) is 0.669. The average molecular weight is 408 g/mol. The van der Waals surface area contributed by atoms with Crippen LogP contribution in [0.1, 0.15) is 6.42 Å². The minimum Gasteiger partial charge on any atom is -0.352 e. The number of anilines is 3. The highest BCUT2D eigenvalue weighted by Crippen LogP contribution is 2.41. The third-order valence-corrected chi connectivity index (χ3v) is 5.78. The predicted octanol–water partition coefficient (Wildman–Crippen LogP) is 3.02. The Bertz CT molecular complexity index is 1180. The fraction of sp³-hybridized carbons (Fsp3) is 0.238. The summed E-state index contributed by atoms with van der Waals surface area (Å²) in [5.74, 6) is -0.985. The Morgan fingerprint density at radius 1 is 1.20 bits per heavy atom. The van der Waals surface area contributed by atoms with E-state index in [-0.39, 0.29) is 23.0 Å². The van der Waals surface area contributed by atoms with Gasteiger partial charge in [0.1, 0.15) is 17.7 Å². The Labute approximate surface area is 171 Å². The predicted molar refractivity (Wildman–Crippen MR) is 108 cm³/mol. The Morgan fingerprint density at radius 3 is 2.77 bits per heavy atom. The topological polar surface area (TPSA) is 74.2 Å². The number of amides is 1. The van der Waals surface area contributed by atoms with E-state index in [1.54, 1.807) is 0 Å². The van der Waals surface area contributed by atoms with Crippen molar-refractivity contribution in [3.05, 3.63) is 60.9 Å². The molecule has 0 saturated carbocycles. The van der Waals surface area contributed by atoms with Gasteiger partial charge in [0.05, 0.1) is 16.7 Å². The first-order valence-corrected chi connectivity index (χ1v) is 9.52. The molecular weight excluding hydrogens is 390 g/mol. The monoisotopic (exact) mass is 408 g/mol. The third-order valence-electron chi connectivity index (χ3n) is 5.78. The second kappa shape index (κ2) is 6.72. The zero-order chi connectivity index (χ0) is 20.9. The van der Waals surface area contributed by atoms with Gasteiger partial charge in [0, 0.05) is 19.6 Å². The number of fused-ring (bicyclic) bond motifs is 1. The van der Waals surface area contributed by atoms with E-state index in [0.29, 0.717) is 29.9 Å². The lowest BCUT2D eigenvalue weighted by molar-refractivity contribution is -0.144.